The summed E-state index contributed by atoms with van der Waals surface area (Å²) in [6.45, 7) is 2.49. The normalized spacial score (nSPS) is 11.8. The number of nitrogen functional groups attached to an aromatic ring is 2. The minimum Gasteiger partial charge on any atom is -0.481 e. The maximum atomic E-state index is 12.4. The van der Waals surface area contributed by atoms with Gasteiger partial charge in [-0.15, -0.1) is 0 Å². The third-order valence-corrected chi connectivity index (χ3v) is 4.40. The van der Waals surface area contributed by atoms with Crippen LogP contribution in [-0.4, -0.2) is 49.8 Å². The Morgan fingerprint density at radius 1 is 1.16 bits per heavy atom. The first kappa shape index (κ1) is 22.6. The number of aromatic nitrogens is 4. The number of fused-ring (bicyclic) bond motifs is 1. The number of anilines is 3. The third-order valence-electron chi connectivity index (χ3n) is 4.40. The second kappa shape index (κ2) is 10.3. The first-order valence-corrected chi connectivity index (χ1v) is 9.88. The summed E-state index contributed by atoms with van der Waals surface area (Å²) in [5, 5.41) is 14.7. The highest BCUT2D eigenvalue weighted by Crippen LogP contribution is 2.16. The van der Waals surface area contributed by atoms with E-state index in [9.17, 15) is 9.59 Å². The van der Waals surface area contributed by atoms with Gasteiger partial charge in [-0.2, -0.15) is 9.97 Å². The number of benzene rings is 1. The molecule has 7 N–H and O–H groups in total. The lowest BCUT2D eigenvalue weighted by atomic mass is 10.2. The number of aliphatic carboxylic acids is 1. The molecule has 1 atom stereocenters. The molecule has 0 bridgehead atoms. The van der Waals surface area contributed by atoms with E-state index in [-0.39, 0.29) is 30.5 Å². The molecule has 0 radical (unpaired) electrons. The van der Waals surface area contributed by atoms with E-state index in [4.69, 9.17) is 21.3 Å². The molecule has 2 aromatic heterocycles. The molecule has 0 aliphatic heterocycles. The SMILES string of the molecule is CCO[C@H](CCC(=O)O)NC(=O)c1ccc(NCc2cnc3nc(N)nc(N)c3n2)cc1. The summed E-state index contributed by atoms with van der Waals surface area (Å²) >= 11 is 0. The van der Waals surface area contributed by atoms with Crippen LogP contribution in [0.5, 0.6) is 0 Å². The predicted molar refractivity (Wildman–Crippen MR) is 117 cm³/mol. The fourth-order valence-electron chi connectivity index (χ4n) is 2.88. The van der Waals surface area contributed by atoms with Gasteiger partial charge in [0.25, 0.3) is 5.91 Å². The van der Waals surface area contributed by atoms with Crippen LogP contribution in [0.1, 0.15) is 35.8 Å². The van der Waals surface area contributed by atoms with Crippen molar-refractivity contribution in [1.29, 1.82) is 0 Å². The van der Waals surface area contributed by atoms with Gasteiger partial charge >= 0.3 is 5.97 Å². The fraction of sp³-hybridized carbons (Fsp3) is 0.300. The molecule has 0 spiro atoms. The van der Waals surface area contributed by atoms with Gasteiger partial charge in [0.1, 0.15) is 6.23 Å². The van der Waals surface area contributed by atoms with Gasteiger partial charge in [-0.3, -0.25) is 9.59 Å². The summed E-state index contributed by atoms with van der Waals surface area (Å²) in [6, 6.07) is 6.79. The largest absolute Gasteiger partial charge is 0.481 e. The molecule has 0 aliphatic carbocycles. The van der Waals surface area contributed by atoms with Gasteiger partial charge in [0.05, 0.1) is 18.4 Å². The van der Waals surface area contributed by atoms with Crippen LogP contribution in [0.15, 0.2) is 30.5 Å². The van der Waals surface area contributed by atoms with Crippen LogP contribution in [-0.2, 0) is 16.1 Å². The van der Waals surface area contributed by atoms with Gasteiger partial charge in [-0.1, -0.05) is 0 Å². The molecule has 32 heavy (non-hydrogen) atoms. The summed E-state index contributed by atoms with van der Waals surface area (Å²) in [5.74, 6) is -1.11. The number of amides is 1. The van der Waals surface area contributed by atoms with Crippen LogP contribution in [0.3, 0.4) is 0 Å². The highest BCUT2D eigenvalue weighted by atomic mass is 16.5. The summed E-state index contributed by atoms with van der Waals surface area (Å²) in [5.41, 5.74) is 13.9. The molecule has 3 aromatic rings. The lowest BCUT2D eigenvalue weighted by Gasteiger charge is -2.18. The maximum absolute atomic E-state index is 12.4. The topological polar surface area (TPSA) is 191 Å². The molecule has 168 valence electrons. The number of carbonyl (C=O) groups is 2. The van der Waals surface area contributed by atoms with Crippen LogP contribution in [0.2, 0.25) is 0 Å². The first-order chi connectivity index (χ1) is 15.4. The number of carboxylic acid groups (broad SMARTS) is 1. The lowest BCUT2D eigenvalue weighted by Crippen LogP contribution is -2.37. The van der Waals surface area contributed by atoms with Crippen LogP contribution in [0.25, 0.3) is 11.2 Å². The van der Waals surface area contributed by atoms with E-state index in [0.29, 0.717) is 35.6 Å². The summed E-state index contributed by atoms with van der Waals surface area (Å²) in [6.07, 6.45) is 0.980. The molecule has 12 heteroatoms. The number of nitrogens with one attached hydrogen (secondary N) is 2. The maximum Gasteiger partial charge on any atom is 0.303 e. The molecule has 1 aromatic carbocycles. The van der Waals surface area contributed by atoms with Crippen molar-refractivity contribution >= 4 is 40.5 Å². The number of carbonyl (C=O) groups excluding carboxylic acids is 1. The molecule has 0 fully saturated rings. The van der Waals surface area contributed by atoms with E-state index < -0.39 is 12.2 Å². The average Bonchev–Trinajstić information content (AvgIpc) is 2.76. The number of hydrogen-bond acceptors (Lipinski definition) is 10. The number of nitrogens with zero attached hydrogens (tertiary/aromatic N) is 4. The molecule has 2 heterocycles. The summed E-state index contributed by atoms with van der Waals surface area (Å²) < 4.78 is 5.40. The van der Waals surface area contributed by atoms with Crippen molar-refractivity contribution in [3.63, 3.8) is 0 Å². The summed E-state index contributed by atoms with van der Waals surface area (Å²) in [4.78, 5) is 39.7. The molecular weight excluding hydrogens is 416 g/mol. The lowest BCUT2D eigenvalue weighted by molar-refractivity contribution is -0.138. The standard InChI is InChI=1S/C20H24N8O4/c1-2-32-14(7-8-15(29)30)26-19(31)11-3-5-12(6-4-11)23-9-13-10-24-18-16(25-13)17(21)27-20(22)28-18/h3-6,10,14,23H,2,7-9H2,1H3,(H,26,31)(H,29,30)(H4,21,22,24,27,28)/t14-/m1/s1. The Hall–Kier alpha value is -4.06. The molecule has 0 unspecified atom stereocenters. The number of rotatable bonds is 10. The second-order valence-corrected chi connectivity index (χ2v) is 6.78. The Labute approximate surface area is 183 Å². The van der Waals surface area contributed by atoms with Gasteiger partial charge in [0.2, 0.25) is 5.95 Å². The monoisotopic (exact) mass is 440 g/mol. The van der Waals surface area contributed by atoms with E-state index in [1.165, 1.54) is 0 Å². The number of hydrogen-bond donors (Lipinski definition) is 5. The Bertz CT molecular complexity index is 1110. The molecule has 0 saturated heterocycles. The first-order valence-electron chi connectivity index (χ1n) is 9.88. The molecule has 1 amide bonds. The van der Waals surface area contributed by atoms with Crippen LogP contribution >= 0.6 is 0 Å². The number of nitrogens with two attached hydrogens (primary N) is 2. The number of ether oxygens (including phenoxy) is 1. The zero-order valence-electron chi connectivity index (χ0n) is 17.4. The average molecular weight is 440 g/mol. The van der Waals surface area contributed by atoms with E-state index in [1.807, 2.05) is 0 Å². The van der Waals surface area contributed by atoms with Crippen molar-refractivity contribution in [2.45, 2.75) is 32.5 Å². The predicted octanol–water partition coefficient (Wildman–Crippen LogP) is 1.15. The Kier molecular flexibility index (Phi) is 7.29. The molecular formula is C20H24N8O4. The molecule has 0 aliphatic rings. The Morgan fingerprint density at radius 2 is 1.91 bits per heavy atom. The van der Waals surface area contributed by atoms with Crippen molar-refractivity contribution in [2.24, 2.45) is 0 Å². The molecule has 0 saturated carbocycles. The number of carboxylic acids is 1. The van der Waals surface area contributed by atoms with E-state index in [2.05, 4.69) is 30.6 Å². The van der Waals surface area contributed by atoms with E-state index in [0.717, 1.165) is 5.69 Å². The van der Waals surface area contributed by atoms with Gasteiger partial charge in [0.15, 0.2) is 17.0 Å². The molecule has 12 nitrogen and oxygen atoms in total. The smallest absolute Gasteiger partial charge is 0.303 e. The van der Waals surface area contributed by atoms with Gasteiger partial charge in [0, 0.05) is 30.7 Å². The highest BCUT2D eigenvalue weighted by Gasteiger charge is 2.15. The van der Waals surface area contributed by atoms with Crippen molar-refractivity contribution in [3.05, 3.63) is 41.7 Å². The molecule has 3 rings (SSSR count). The van der Waals surface area contributed by atoms with E-state index in [1.54, 1.807) is 37.4 Å². The van der Waals surface area contributed by atoms with Crippen molar-refractivity contribution in [2.75, 3.05) is 23.4 Å². The minimum atomic E-state index is -0.949. The Morgan fingerprint density at radius 3 is 2.59 bits per heavy atom. The Balaban J connectivity index is 1.60. The second-order valence-electron chi connectivity index (χ2n) is 6.78. The third kappa shape index (κ3) is 5.98. The van der Waals surface area contributed by atoms with E-state index >= 15 is 0 Å². The quantitative estimate of drug-likeness (QED) is 0.284. The van der Waals surface area contributed by atoms with Crippen LogP contribution in [0, 0.1) is 0 Å². The van der Waals surface area contributed by atoms with Gasteiger partial charge in [-0.05, 0) is 31.2 Å². The zero-order valence-corrected chi connectivity index (χ0v) is 17.4. The van der Waals surface area contributed by atoms with Crippen molar-refractivity contribution < 1.29 is 19.4 Å². The van der Waals surface area contributed by atoms with Crippen molar-refractivity contribution in [3.8, 4) is 0 Å². The zero-order chi connectivity index (χ0) is 23.1. The van der Waals surface area contributed by atoms with Gasteiger partial charge in [-0.25, -0.2) is 9.97 Å². The fourth-order valence-corrected chi connectivity index (χ4v) is 2.88. The van der Waals surface area contributed by atoms with Crippen LogP contribution in [0.4, 0.5) is 17.5 Å². The van der Waals surface area contributed by atoms with Gasteiger partial charge < -0.3 is 31.9 Å². The minimum absolute atomic E-state index is 0.0359. The highest BCUT2D eigenvalue weighted by molar-refractivity contribution is 5.94. The summed E-state index contributed by atoms with van der Waals surface area (Å²) in [7, 11) is 0. The van der Waals surface area contributed by atoms with Crippen molar-refractivity contribution in [1.82, 2.24) is 25.3 Å². The van der Waals surface area contributed by atoms with Crippen LogP contribution < -0.4 is 22.1 Å².